The van der Waals surface area contributed by atoms with Crippen molar-refractivity contribution in [3.05, 3.63) is 64.7 Å². The fraction of sp³-hybridized carbons (Fsp3) is 0.500. The molecule has 1 saturated heterocycles. The van der Waals surface area contributed by atoms with E-state index in [1.807, 2.05) is 17.9 Å². The third kappa shape index (κ3) is 6.25. The molecule has 39 heavy (non-hydrogen) atoms. The number of morpholine rings is 1. The molecule has 7 nitrogen and oxygen atoms in total. The van der Waals surface area contributed by atoms with Crippen LogP contribution >= 0.6 is 11.6 Å². The standard InChI is InChI=1S/C30H37ClN2O5S/c1-20-19-38-16-14-33(20)30(34)23-7-9-25(10-8-23)32-39(35,36)26-11-12-27-24(17-26)18-28(29(27)31)22-5-3-21(4-6-22)13-15-37-2/h3-6,11-12,17,20,23,25,32H,7-10,13-16,18-19H2,1-2H3/t20-,23?,25?/m0/s1. The van der Waals surface area contributed by atoms with E-state index in [1.54, 1.807) is 19.2 Å². The maximum atomic E-state index is 13.3. The van der Waals surface area contributed by atoms with Gasteiger partial charge in [-0.3, -0.25) is 4.79 Å². The molecule has 1 saturated carbocycles. The quantitative estimate of drug-likeness (QED) is 0.499. The Balaban J connectivity index is 1.20. The fourth-order valence-corrected chi connectivity index (χ4v) is 7.60. The summed E-state index contributed by atoms with van der Waals surface area (Å²) < 4.78 is 40.1. The second-order valence-corrected chi connectivity index (χ2v) is 12.9. The lowest BCUT2D eigenvalue weighted by atomic mass is 9.85. The minimum Gasteiger partial charge on any atom is -0.384 e. The van der Waals surface area contributed by atoms with Gasteiger partial charge in [-0.1, -0.05) is 41.9 Å². The van der Waals surface area contributed by atoms with Crippen LogP contribution in [0.5, 0.6) is 0 Å². The Morgan fingerprint density at radius 3 is 2.56 bits per heavy atom. The molecule has 3 aliphatic rings. The van der Waals surface area contributed by atoms with Gasteiger partial charge in [0, 0.05) is 32.0 Å². The van der Waals surface area contributed by atoms with Crippen LogP contribution in [0.3, 0.4) is 0 Å². The molecule has 1 atom stereocenters. The highest BCUT2D eigenvalue weighted by molar-refractivity contribution is 7.89. The number of hydrogen-bond acceptors (Lipinski definition) is 5. The van der Waals surface area contributed by atoms with Gasteiger partial charge in [0.2, 0.25) is 15.9 Å². The molecule has 5 rings (SSSR count). The van der Waals surface area contributed by atoms with Crippen molar-refractivity contribution in [1.29, 1.82) is 0 Å². The van der Waals surface area contributed by atoms with Crippen molar-refractivity contribution in [3.63, 3.8) is 0 Å². The minimum atomic E-state index is -3.70. The largest absolute Gasteiger partial charge is 0.384 e. The number of carbonyl (C=O) groups excluding carboxylic acids is 1. The number of allylic oxidation sites excluding steroid dienone is 1. The van der Waals surface area contributed by atoms with Crippen molar-refractivity contribution in [3.8, 4) is 0 Å². The van der Waals surface area contributed by atoms with Gasteiger partial charge in [0.05, 0.1) is 35.8 Å². The summed E-state index contributed by atoms with van der Waals surface area (Å²) in [7, 11) is -2.00. The molecule has 9 heteroatoms. The van der Waals surface area contributed by atoms with Crippen molar-refractivity contribution in [1.82, 2.24) is 9.62 Å². The number of hydrogen-bond donors (Lipinski definition) is 1. The monoisotopic (exact) mass is 572 g/mol. The van der Waals surface area contributed by atoms with Crippen molar-refractivity contribution in [2.75, 3.05) is 33.5 Å². The van der Waals surface area contributed by atoms with Gasteiger partial charge in [-0.15, -0.1) is 0 Å². The van der Waals surface area contributed by atoms with Gasteiger partial charge in [0.15, 0.2) is 0 Å². The lowest BCUT2D eigenvalue weighted by Crippen LogP contribution is -2.50. The Hall–Kier alpha value is -2.23. The average molecular weight is 573 g/mol. The van der Waals surface area contributed by atoms with Crippen LogP contribution in [0.1, 0.15) is 54.9 Å². The summed E-state index contributed by atoms with van der Waals surface area (Å²) in [4.78, 5) is 15.2. The summed E-state index contributed by atoms with van der Waals surface area (Å²) in [5, 5.41) is 0.670. The summed E-state index contributed by atoms with van der Waals surface area (Å²) in [5.41, 5.74) is 5.03. The highest BCUT2D eigenvalue weighted by Crippen LogP contribution is 2.41. The number of methoxy groups -OCH3 is 1. The lowest BCUT2D eigenvalue weighted by Gasteiger charge is -2.37. The molecule has 1 N–H and O–H groups in total. The van der Waals surface area contributed by atoms with E-state index in [0.29, 0.717) is 63.5 Å². The van der Waals surface area contributed by atoms with Gasteiger partial charge in [-0.05, 0) is 79.0 Å². The van der Waals surface area contributed by atoms with Crippen LogP contribution in [0.15, 0.2) is 47.4 Å². The van der Waals surface area contributed by atoms with Gasteiger partial charge in [-0.2, -0.15) is 0 Å². The second kappa shape index (κ2) is 12.1. The van der Waals surface area contributed by atoms with Crippen LogP contribution in [-0.4, -0.2) is 64.8 Å². The van der Waals surface area contributed by atoms with Crippen LogP contribution in [0, 0.1) is 5.92 Å². The predicted octanol–water partition coefficient (Wildman–Crippen LogP) is 4.62. The number of amides is 1. The summed E-state index contributed by atoms with van der Waals surface area (Å²) in [5.74, 6) is 0.127. The van der Waals surface area contributed by atoms with Crippen LogP contribution in [0.25, 0.3) is 10.6 Å². The highest BCUT2D eigenvalue weighted by atomic mass is 35.5. The van der Waals surface area contributed by atoms with E-state index in [0.717, 1.165) is 28.7 Å². The number of carbonyl (C=O) groups is 1. The van der Waals surface area contributed by atoms with Crippen molar-refractivity contribution >= 4 is 38.1 Å². The number of nitrogens with one attached hydrogen (secondary N) is 1. The molecule has 1 aliphatic heterocycles. The molecule has 2 aromatic rings. The van der Waals surface area contributed by atoms with E-state index in [4.69, 9.17) is 21.1 Å². The van der Waals surface area contributed by atoms with Gasteiger partial charge < -0.3 is 14.4 Å². The van der Waals surface area contributed by atoms with Crippen molar-refractivity contribution in [2.45, 2.75) is 62.4 Å². The fourth-order valence-electron chi connectivity index (χ4n) is 5.88. The van der Waals surface area contributed by atoms with E-state index in [9.17, 15) is 13.2 Å². The Bertz CT molecular complexity index is 1330. The summed E-state index contributed by atoms with van der Waals surface area (Å²) in [6.07, 6.45) is 4.11. The molecule has 1 amide bonds. The first kappa shape index (κ1) is 28.3. The number of halogens is 1. The molecule has 1 heterocycles. The van der Waals surface area contributed by atoms with Crippen molar-refractivity contribution in [2.24, 2.45) is 5.92 Å². The van der Waals surface area contributed by atoms with Crippen LogP contribution in [-0.2, 0) is 37.1 Å². The summed E-state index contributed by atoms with van der Waals surface area (Å²) in [6, 6.07) is 13.4. The first-order valence-electron chi connectivity index (χ1n) is 13.8. The van der Waals surface area contributed by atoms with Crippen LogP contribution in [0.4, 0.5) is 0 Å². The van der Waals surface area contributed by atoms with E-state index < -0.39 is 10.0 Å². The molecular formula is C30H37ClN2O5S. The zero-order valence-corrected chi connectivity index (χ0v) is 24.2. The SMILES string of the molecule is COCCc1ccc(C2=C(Cl)c3ccc(S(=O)(=O)NC4CCC(C(=O)N5CCOC[C@@H]5C)CC4)cc3C2)cc1. The number of ether oxygens (including phenoxy) is 2. The third-order valence-electron chi connectivity index (χ3n) is 8.20. The predicted molar refractivity (Wildman–Crippen MR) is 153 cm³/mol. The molecule has 2 aliphatic carbocycles. The molecule has 210 valence electrons. The molecule has 0 spiro atoms. The topological polar surface area (TPSA) is 84.9 Å². The zero-order chi connectivity index (χ0) is 27.6. The molecule has 2 aromatic carbocycles. The molecule has 0 unspecified atom stereocenters. The summed E-state index contributed by atoms with van der Waals surface area (Å²) >= 11 is 6.75. The lowest BCUT2D eigenvalue weighted by molar-refractivity contribution is -0.144. The Kier molecular flexibility index (Phi) is 8.79. The average Bonchev–Trinajstić information content (AvgIpc) is 3.28. The van der Waals surface area contributed by atoms with Crippen molar-refractivity contribution < 1.29 is 22.7 Å². The molecule has 0 aromatic heterocycles. The number of sulfonamides is 1. The second-order valence-electron chi connectivity index (χ2n) is 10.9. The number of nitrogens with zero attached hydrogens (tertiary/aromatic N) is 1. The number of benzene rings is 2. The number of rotatable bonds is 8. The smallest absolute Gasteiger partial charge is 0.240 e. The maximum Gasteiger partial charge on any atom is 0.240 e. The maximum absolute atomic E-state index is 13.3. The van der Waals surface area contributed by atoms with Gasteiger partial charge in [0.1, 0.15) is 0 Å². The van der Waals surface area contributed by atoms with Crippen LogP contribution < -0.4 is 4.72 Å². The first-order valence-corrected chi connectivity index (χ1v) is 15.6. The van der Waals surface area contributed by atoms with E-state index in [2.05, 4.69) is 29.0 Å². The van der Waals surface area contributed by atoms with E-state index >= 15 is 0 Å². The highest BCUT2D eigenvalue weighted by Gasteiger charge is 2.34. The molecule has 2 fully saturated rings. The number of fused-ring (bicyclic) bond motifs is 1. The van der Waals surface area contributed by atoms with Crippen LogP contribution in [0.2, 0.25) is 0 Å². The summed E-state index contributed by atoms with van der Waals surface area (Å²) in [6.45, 7) is 4.47. The van der Waals surface area contributed by atoms with Gasteiger partial charge in [0.25, 0.3) is 0 Å². The Morgan fingerprint density at radius 2 is 1.87 bits per heavy atom. The van der Waals surface area contributed by atoms with E-state index in [1.165, 1.54) is 5.56 Å². The molecule has 0 bridgehead atoms. The third-order valence-corrected chi connectivity index (χ3v) is 10.2. The minimum absolute atomic E-state index is 0.0491. The van der Waals surface area contributed by atoms with E-state index in [-0.39, 0.29) is 28.8 Å². The van der Waals surface area contributed by atoms with Gasteiger partial charge in [-0.25, -0.2) is 13.1 Å². The normalized spacial score (nSPS) is 23.7. The first-order chi connectivity index (χ1) is 18.8. The van der Waals surface area contributed by atoms with Gasteiger partial charge >= 0.3 is 0 Å². The Labute approximate surface area is 236 Å². The molecule has 0 radical (unpaired) electrons. The zero-order valence-electron chi connectivity index (χ0n) is 22.6. The molecular weight excluding hydrogens is 536 g/mol. The Morgan fingerprint density at radius 1 is 1.13 bits per heavy atom.